The molecule has 0 spiro atoms. The topological polar surface area (TPSA) is 37.4 Å². The molecular formula is C13H21NO2. The van der Waals surface area contributed by atoms with Crippen LogP contribution in [0.4, 0.5) is 0 Å². The number of hydrogen-bond acceptors (Lipinski definition) is 2. The molecular weight excluding hydrogens is 202 g/mol. The Morgan fingerprint density at radius 1 is 1.12 bits per heavy atom. The van der Waals surface area contributed by atoms with E-state index in [9.17, 15) is 9.59 Å². The quantitative estimate of drug-likeness (QED) is 0.719. The number of rotatable bonds is 2. The van der Waals surface area contributed by atoms with E-state index in [1.165, 1.54) is 12.2 Å². The van der Waals surface area contributed by atoms with Gasteiger partial charge >= 0.3 is 0 Å². The van der Waals surface area contributed by atoms with E-state index in [1.54, 1.807) is 4.90 Å². The SMILES string of the molecule is CC(C)(C)CC(C)(C)N1CC(=O)C=CC1=O. The maximum absolute atomic E-state index is 11.8. The molecule has 0 saturated heterocycles. The second kappa shape index (κ2) is 4.04. The van der Waals surface area contributed by atoms with Crippen molar-refractivity contribution in [3.63, 3.8) is 0 Å². The second-order valence-corrected chi connectivity index (χ2v) is 6.27. The summed E-state index contributed by atoms with van der Waals surface area (Å²) in [6.45, 7) is 10.7. The molecule has 1 heterocycles. The molecule has 1 aliphatic heterocycles. The smallest absolute Gasteiger partial charge is 0.247 e. The van der Waals surface area contributed by atoms with Crippen molar-refractivity contribution in [2.24, 2.45) is 5.41 Å². The molecule has 0 aromatic rings. The van der Waals surface area contributed by atoms with Gasteiger partial charge in [0.15, 0.2) is 5.78 Å². The van der Waals surface area contributed by atoms with Gasteiger partial charge in [-0.2, -0.15) is 0 Å². The first-order valence-electron chi connectivity index (χ1n) is 5.64. The third-order valence-corrected chi connectivity index (χ3v) is 2.69. The summed E-state index contributed by atoms with van der Waals surface area (Å²) in [5.74, 6) is -0.0598. The van der Waals surface area contributed by atoms with Crippen LogP contribution in [0, 0.1) is 5.41 Å². The molecule has 0 aromatic heterocycles. The zero-order valence-corrected chi connectivity index (χ0v) is 10.8. The van der Waals surface area contributed by atoms with Gasteiger partial charge in [0.1, 0.15) is 0 Å². The Morgan fingerprint density at radius 2 is 1.69 bits per heavy atom. The fraction of sp³-hybridized carbons (Fsp3) is 0.692. The Morgan fingerprint density at radius 3 is 2.19 bits per heavy atom. The Bertz CT molecular complexity index is 334. The molecule has 0 atom stereocenters. The monoisotopic (exact) mass is 223 g/mol. The molecule has 0 N–H and O–H groups in total. The minimum Gasteiger partial charge on any atom is -0.326 e. The Hall–Kier alpha value is -1.12. The van der Waals surface area contributed by atoms with E-state index < -0.39 is 0 Å². The summed E-state index contributed by atoms with van der Waals surface area (Å²) in [6.07, 6.45) is 3.61. The van der Waals surface area contributed by atoms with Crippen molar-refractivity contribution in [1.82, 2.24) is 4.90 Å². The van der Waals surface area contributed by atoms with Gasteiger partial charge in [-0.1, -0.05) is 20.8 Å². The largest absolute Gasteiger partial charge is 0.326 e. The number of ketones is 1. The lowest BCUT2D eigenvalue weighted by atomic mass is 9.80. The van der Waals surface area contributed by atoms with E-state index in [1.807, 2.05) is 13.8 Å². The van der Waals surface area contributed by atoms with Crippen molar-refractivity contribution in [2.45, 2.75) is 46.6 Å². The van der Waals surface area contributed by atoms with Gasteiger partial charge in [0.05, 0.1) is 6.54 Å². The third-order valence-electron chi connectivity index (χ3n) is 2.69. The van der Waals surface area contributed by atoms with Gasteiger partial charge in [0, 0.05) is 11.6 Å². The van der Waals surface area contributed by atoms with Crippen LogP contribution in [0.15, 0.2) is 12.2 Å². The molecule has 0 aromatic carbocycles. The summed E-state index contributed by atoms with van der Waals surface area (Å²) < 4.78 is 0. The van der Waals surface area contributed by atoms with Crippen LogP contribution in [0.2, 0.25) is 0 Å². The van der Waals surface area contributed by atoms with Crippen LogP contribution >= 0.6 is 0 Å². The van der Waals surface area contributed by atoms with E-state index in [4.69, 9.17) is 0 Å². The standard InChI is InChI=1S/C13H21NO2/c1-12(2,3)9-13(4,5)14-8-10(15)6-7-11(14)16/h6-7H,8-9H2,1-5H3. The predicted molar refractivity (Wildman–Crippen MR) is 64.0 cm³/mol. The average Bonchev–Trinajstić information content (AvgIpc) is 2.04. The average molecular weight is 223 g/mol. The Balaban J connectivity index is 2.87. The molecule has 0 unspecified atom stereocenters. The van der Waals surface area contributed by atoms with Gasteiger partial charge in [-0.3, -0.25) is 9.59 Å². The van der Waals surface area contributed by atoms with Crippen LogP contribution in [0.25, 0.3) is 0 Å². The van der Waals surface area contributed by atoms with Crippen molar-refractivity contribution < 1.29 is 9.59 Å². The van der Waals surface area contributed by atoms with Crippen molar-refractivity contribution in [2.75, 3.05) is 6.54 Å². The van der Waals surface area contributed by atoms with Gasteiger partial charge in [-0.25, -0.2) is 0 Å². The predicted octanol–water partition coefficient (Wildman–Crippen LogP) is 2.17. The maximum atomic E-state index is 11.8. The third kappa shape index (κ3) is 3.19. The fourth-order valence-corrected chi connectivity index (χ4v) is 2.45. The summed E-state index contributed by atoms with van der Waals surface area (Å²) in [4.78, 5) is 24.8. The molecule has 0 aliphatic carbocycles. The summed E-state index contributed by atoms with van der Waals surface area (Å²) in [5, 5.41) is 0. The van der Waals surface area contributed by atoms with Gasteiger partial charge < -0.3 is 4.90 Å². The van der Waals surface area contributed by atoms with Crippen LogP contribution in [0.1, 0.15) is 41.0 Å². The number of amides is 1. The van der Waals surface area contributed by atoms with Crippen LogP contribution in [0.3, 0.4) is 0 Å². The highest BCUT2D eigenvalue weighted by atomic mass is 16.2. The summed E-state index contributed by atoms with van der Waals surface area (Å²) in [5.41, 5.74) is -0.149. The summed E-state index contributed by atoms with van der Waals surface area (Å²) in [7, 11) is 0. The Labute approximate surface area is 97.5 Å². The van der Waals surface area contributed by atoms with Crippen LogP contribution in [-0.4, -0.2) is 28.7 Å². The van der Waals surface area contributed by atoms with Gasteiger partial charge in [-0.15, -0.1) is 0 Å². The lowest BCUT2D eigenvalue weighted by molar-refractivity contribution is -0.137. The lowest BCUT2D eigenvalue weighted by Crippen LogP contribution is -2.52. The second-order valence-electron chi connectivity index (χ2n) is 6.27. The van der Waals surface area contributed by atoms with Crippen LogP contribution in [-0.2, 0) is 9.59 Å². The normalized spacial score (nSPS) is 18.2. The molecule has 0 bridgehead atoms. The molecule has 1 aliphatic rings. The van der Waals surface area contributed by atoms with Gasteiger partial charge in [0.2, 0.25) is 5.91 Å². The van der Waals surface area contributed by atoms with Crippen LogP contribution < -0.4 is 0 Å². The zero-order chi connectivity index (χ0) is 12.6. The van der Waals surface area contributed by atoms with Crippen molar-refractivity contribution in [3.05, 3.63) is 12.2 Å². The molecule has 3 heteroatoms. The van der Waals surface area contributed by atoms with Gasteiger partial charge in [-0.05, 0) is 31.8 Å². The van der Waals surface area contributed by atoms with E-state index in [2.05, 4.69) is 20.8 Å². The molecule has 3 nitrogen and oxygen atoms in total. The molecule has 1 rings (SSSR count). The lowest BCUT2D eigenvalue weighted by Gasteiger charge is -2.42. The van der Waals surface area contributed by atoms with Gasteiger partial charge in [0.25, 0.3) is 0 Å². The highest BCUT2D eigenvalue weighted by molar-refractivity contribution is 6.04. The first kappa shape index (κ1) is 12.9. The summed E-state index contributed by atoms with van der Waals surface area (Å²) >= 11 is 0. The highest BCUT2D eigenvalue weighted by Crippen LogP contribution is 2.31. The van der Waals surface area contributed by atoms with Crippen molar-refractivity contribution in [1.29, 1.82) is 0 Å². The molecule has 1 amide bonds. The Kier molecular flexibility index (Phi) is 3.27. The zero-order valence-electron chi connectivity index (χ0n) is 10.8. The fourth-order valence-electron chi connectivity index (χ4n) is 2.45. The van der Waals surface area contributed by atoms with E-state index in [0.717, 1.165) is 6.42 Å². The molecule has 16 heavy (non-hydrogen) atoms. The van der Waals surface area contributed by atoms with Crippen molar-refractivity contribution >= 4 is 11.7 Å². The number of carbonyl (C=O) groups excluding carboxylic acids is 2. The summed E-state index contributed by atoms with van der Waals surface area (Å²) in [6, 6.07) is 0. The first-order valence-corrected chi connectivity index (χ1v) is 5.64. The molecule has 90 valence electrons. The minimum absolute atomic E-state index is 0.00147. The number of hydrogen-bond donors (Lipinski definition) is 0. The molecule has 0 fully saturated rings. The molecule has 0 saturated carbocycles. The first-order chi connectivity index (χ1) is 7.12. The van der Waals surface area contributed by atoms with E-state index in [0.29, 0.717) is 0 Å². The number of carbonyl (C=O) groups is 2. The van der Waals surface area contributed by atoms with E-state index >= 15 is 0 Å². The van der Waals surface area contributed by atoms with Crippen molar-refractivity contribution in [3.8, 4) is 0 Å². The molecule has 0 radical (unpaired) electrons. The maximum Gasteiger partial charge on any atom is 0.247 e. The number of nitrogens with zero attached hydrogens (tertiary/aromatic N) is 1. The minimum atomic E-state index is -0.282. The van der Waals surface area contributed by atoms with E-state index in [-0.39, 0.29) is 29.2 Å². The van der Waals surface area contributed by atoms with Crippen LogP contribution in [0.5, 0.6) is 0 Å². The highest BCUT2D eigenvalue weighted by Gasteiger charge is 2.35.